The third-order valence-corrected chi connectivity index (χ3v) is 4.11. The topological polar surface area (TPSA) is 46.1 Å². The van der Waals surface area contributed by atoms with Crippen LogP contribution in [0.1, 0.15) is 25.7 Å². The molecule has 5 nitrogen and oxygen atoms in total. The average Bonchev–Trinajstić information content (AvgIpc) is 2.97. The molecule has 0 aromatic rings. The van der Waals surface area contributed by atoms with E-state index in [0.717, 1.165) is 43.9 Å². The molecule has 0 radical (unpaired) electrons. The minimum Gasteiger partial charge on any atom is -0.479 e. The Morgan fingerprint density at radius 2 is 2.50 bits per heavy atom. The molecule has 3 rings (SSSR count). The summed E-state index contributed by atoms with van der Waals surface area (Å²) in [5, 5.41) is 7.45. The van der Waals surface area contributed by atoms with Crippen molar-refractivity contribution >= 4 is 5.90 Å². The van der Waals surface area contributed by atoms with Gasteiger partial charge in [0.25, 0.3) is 0 Å². The SMILES string of the molecule is C(COC1=NOCC1)CN1CCC2CNC(C2)C1. The van der Waals surface area contributed by atoms with Gasteiger partial charge in [0.2, 0.25) is 5.90 Å². The molecule has 102 valence electrons. The monoisotopic (exact) mass is 253 g/mol. The summed E-state index contributed by atoms with van der Waals surface area (Å²) < 4.78 is 5.57. The average molecular weight is 253 g/mol. The molecule has 3 heterocycles. The van der Waals surface area contributed by atoms with Crippen LogP contribution in [-0.2, 0) is 9.57 Å². The molecule has 3 aliphatic heterocycles. The van der Waals surface area contributed by atoms with Crippen LogP contribution < -0.4 is 5.32 Å². The molecule has 2 bridgehead atoms. The molecular formula is C13H23N3O2. The van der Waals surface area contributed by atoms with Crippen molar-refractivity contribution in [2.24, 2.45) is 11.1 Å². The van der Waals surface area contributed by atoms with Gasteiger partial charge >= 0.3 is 0 Å². The van der Waals surface area contributed by atoms with Crippen LogP contribution in [0.2, 0.25) is 0 Å². The Labute approximate surface area is 108 Å². The van der Waals surface area contributed by atoms with Crippen LogP contribution in [0.25, 0.3) is 0 Å². The number of likely N-dealkylation sites (tertiary alicyclic amines) is 1. The lowest BCUT2D eigenvalue weighted by molar-refractivity contribution is 0.170. The molecule has 2 fully saturated rings. The Balaban J connectivity index is 1.33. The van der Waals surface area contributed by atoms with E-state index in [0.29, 0.717) is 6.61 Å². The number of oxime groups is 1. The van der Waals surface area contributed by atoms with Gasteiger partial charge in [-0.25, -0.2) is 0 Å². The molecule has 0 aromatic heterocycles. The molecule has 0 spiro atoms. The van der Waals surface area contributed by atoms with E-state index in [1.54, 1.807) is 0 Å². The minimum atomic E-state index is 0.677. The van der Waals surface area contributed by atoms with Crippen LogP contribution in [0.15, 0.2) is 5.16 Å². The number of ether oxygens (including phenoxy) is 1. The highest BCUT2D eigenvalue weighted by Gasteiger charge is 2.29. The zero-order valence-corrected chi connectivity index (χ0v) is 10.9. The van der Waals surface area contributed by atoms with E-state index in [-0.39, 0.29) is 0 Å². The van der Waals surface area contributed by atoms with E-state index in [9.17, 15) is 0 Å². The van der Waals surface area contributed by atoms with Gasteiger partial charge in [-0.3, -0.25) is 0 Å². The third kappa shape index (κ3) is 3.14. The number of fused-ring (bicyclic) bond motifs is 2. The lowest BCUT2D eigenvalue weighted by Gasteiger charge is -2.24. The summed E-state index contributed by atoms with van der Waals surface area (Å²) in [5.74, 6) is 1.69. The molecule has 18 heavy (non-hydrogen) atoms. The molecule has 2 unspecified atom stereocenters. The van der Waals surface area contributed by atoms with Gasteiger partial charge < -0.3 is 19.8 Å². The van der Waals surface area contributed by atoms with Gasteiger partial charge in [-0.15, -0.1) is 0 Å². The number of hydrogen-bond donors (Lipinski definition) is 1. The fourth-order valence-corrected chi connectivity index (χ4v) is 3.11. The summed E-state index contributed by atoms with van der Waals surface area (Å²) in [7, 11) is 0. The van der Waals surface area contributed by atoms with E-state index >= 15 is 0 Å². The maximum atomic E-state index is 5.57. The number of nitrogens with zero attached hydrogens (tertiary/aromatic N) is 2. The summed E-state index contributed by atoms with van der Waals surface area (Å²) in [6, 6.07) is 0.728. The second-order valence-electron chi connectivity index (χ2n) is 5.57. The molecular weight excluding hydrogens is 230 g/mol. The molecule has 2 saturated heterocycles. The van der Waals surface area contributed by atoms with E-state index in [1.807, 2.05) is 0 Å². The van der Waals surface area contributed by atoms with Gasteiger partial charge in [-0.05, 0) is 38.3 Å². The first-order valence-electron chi connectivity index (χ1n) is 7.17. The maximum Gasteiger partial charge on any atom is 0.229 e. The predicted octanol–water partition coefficient (Wildman–Crippen LogP) is 0.811. The van der Waals surface area contributed by atoms with Crippen LogP contribution in [0.5, 0.6) is 0 Å². The van der Waals surface area contributed by atoms with E-state index in [1.165, 1.54) is 32.5 Å². The summed E-state index contributed by atoms with van der Waals surface area (Å²) >= 11 is 0. The zero-order chi connectivity index (χ0) is 12.2. The summed E-state index contributed by atoms with van der Waals surface area (Å²) in [5.41, 5.74) is 0. The molecule has 2 atom stereocenters. The molecule has 0 aliphatic carbocycles. The normalized spacial score (nSPS) is 31.9. The molecule has 5 heteroatoms. The van der Waals surface area contributed by atoms with Crippen molar-refractivity contribution in [2.45, 2.75) is 31.7 Å². The van der Waals surface area contributed by atoms with Crippen molar-refractivity contribution in [3.8, 4) is 0 Å². The molecule has 0 amide bonds. The van der Waals surface area contributed by atoms with E-state index in [4.69, 9.17) is 9.57 Å². The molecule has 1 N–H and O–H groups in total. The standard InChI is InChI=1S/C13H23N3O2/c1(6-17-13-3-7-18-15-13)4-16-5-2-11-8-12(10-16)14-9-11/h11-12,14H,1-10H2. The minimum absolute atomic E-state index is 0.677. The highest BCUT2D eigenvalue weighted by molar-refractivity contribution is 5.76. The highest BCUT2D eigenvalue weighted by atomic mass is 16.7. The summed E-state index contributed by atoms with van der Waals surface area (Å²) in [6.07, 6.45) is 4.64. The number of hydrogen-bond acceptors (Lipinski definition) is 5. The smallest absolute Gasteiger partial charge is 0.229 e. The quantitative estimate of drug-likeness (QED) is 0.753. The Morgan fingerprint density at radius 3 is 3.39 bits per heavy atom. The van der Waals surface area contributed by atoms with Crippen LogP contribution in [0, 0.1) is 5.92 Å². The van der Waals surface area contributed by atoms with Crippen molar-refractivity contribution in [1.82, 2.24) is 10.2 Å². The van der Waals surface area contributed by atoms with Crippen molar-refractivity contribution in [2.75, 3.05) is 39.4 Å². The van der Waals surface area contributed by atoms with Crippen molar-refractivity contribution < 1.29 is 9.57 Å². The summed E-state index contributed by atoms with van der Waals surface area (Å²) in [4.78, 5) is 7.47. The van der Waals surface area contributed by atoms with E-state index < -0.39 is 0 Å². The van der Waals surface area contributed by atoms with Gasteiger partial charge in [0, 0.05) is 19.1 Å². The first-order chi connectivity index (χ1) is 8.90. The lowest BCUT2D eigenvalue weighted by Crippen LogP contribution is -2.39. The molecule has 0 aromatic carbocycles. The van der Waals surface area contributed by atoms with Crippen molar-refractivity contribution in [3.05, 3.63) is 0 Å². The summed E-state index contributed by atoms with van der Waals surface area (Å²) in [6.45, 7) is 6.28. The van der Waals surface area contributed by atoms with Crippen LogP contribution in [0.3, 0.4) is 0 Å². The Kier molecular flexibility index (Phi) is 4.00. The Hall–Kier alpha value is -0.810. The van der Waals surface area contributed by atoms with E-state index in [2.05, 4.69) is 15.4 Å². The van der Waals surface area contributed by atoms with Gasteiger partial charge in [-0.2, -0.15) is 0 Å². The van der Waals surface area contributed by atoms with Gasteiger partial charge in [0.15, 0.2) is 0 Å². The largest absolute Gasteiger partial charge is 0.479 e. The zero-order valence-electron chi connectivity index (χ0n) is 10.9. The first-order valence-corrected chi connectivity index (χ1v) is 7.17. The second-order valence-corrected chi connectivity index (χ2v) is 5.57. The Morgan fingerprint density at radius 1 is 1.50 bits per heavy atom. The number of rotatable bonds is 4. The van der Waals surface area contributed by atoms with Crippen LogP contribution in [0.4, 0.5) is 0 Å². The van der Waals surface area contributed by atoms with Crippen molar-refractivity contribution in [3.63, 3.8) is 0 Å². The predicted molar refractivity (Wildman–Crippen MR) is 69.5 cm³/mol. The molecule has 3 aliphatic rings. The van der Waals surface area contributed by atoms with Gasteiger partial charge in [0.05, 0.1) is 13.0 Å². The fraction of sp³-hybridized carbons (Fsp3) is 0.923. The van der Waals surface area contributed by atoms with Crippen LogP contribution >= 0.6 is 0 Å². The lowest BCUT2D eigenvalue weighted by atomic mass is 10.0. The van der Waals surface area contributed by atoms with Gasteiger partial charge in [-0.1, -0.05) is 5.16 Å². The van der Waals surface area contributed by atoms with Gasteiger partial charge in [0.1, 0.15) is 6.61 Å². The van der Waals surface area contributed by atoms with Crippen LogP contribution in [-0.4, -0.2) is 56.2 Å². The third-order valence-electron chi connectivity index (χ3n) is 4.11. The molecule has 0 saturated carbocycles. The second kappa shape index (κ2) is 5.89. The number of nitrogens with one attached hydrogen (secondary N) is 1. The maximum absolute atomic E-state index is 5.57. The van der Waals surface area contributed by atoms with Crippen molar-refractivity contribution in [1.29, 1.82) is 0 Å². The first kappa shape index (κ1) is 12.2. The highest BCUT2D eigenvalue weighted by Crippen LogP contribution is 2.22. The fourth-order valence-electron chi connectivity index (χ4n) is 3.11. The Bertz CT molecular complexity index is 309.